The fraction of sp³-hybridized carbons (Fsp3) is 0.318. The van der Waals surface area contributed by atoms with E-state index in [2.05, 4.69) is 10.1 Å². The first kappa shape index (κ1) is 19.1. The van der Waals surface area contributed by atoms with E-state index < -0.39 is 0 Å². The monoisotopic (exact) mass is 393 g/mol. The van der Waals surface area contributed by atoms with Gasteiger partial charge in [-0.05, 0) is 43.0 Å². The first-order chi connectivity index (χ1) is 14.2. The largest absolute Gasteiger partial charge is 0.484 e. The van der Waals surface area contributed by atoms with Crippen LogP contribution in [-0.4, -0.2) is 39.2 Å². The number of amides is 1. The molecule has 0 unspecified atom stereocenters. The summed E-state index contributed by atoms with van der Waals surface area (Å²) < 4.78 is 11.1. The van der Waals surface area contributed by atoms with Crippen molar-refractivity contribution < 1.29 is 19.2 Å². The number of para-hydroxylation sites is 1. The highest BCUT2D eigenvalue weighted by Crippen LogP contribution is 2.31. The van der Waals surface area contributed by atoms with Crippen LogP contribution < -0.4 is 4.74 Å². The molecular formula is C22H23N3O4. The van der Waals surface area contributed by atoms with Crippen LogP contribution in [-0.2, 0) is 11.4 Å². The van der Waals surface area contributed by atoms with Crippen LogP contribution in [0.3, 0.4) is 0 Å². The Kier molecular flexibility index (Phi) is 5.86. The highest BCUT2D eigenvalue weighted by molar-refractivity contribution is 5.78. The van der Waals surface area contributed by atoms with Gasteiger partial charge >= 0.3 is 0 Å². The van der Waals surface area contributed by atoms with Crippen LogP contribution in [0, 0.1) is 0 Å². The van der Waals surface area contributed by atoms with Gasteiger partial charge in [0.05, 0.1) is 6.61 Å². The quantitative estimate of drug-likeness (QED) is 0.691. The highest BCUT2D eigenvalue weighted by Gasteiger charge is 2.32. The summed E-state index contributed by atoms with van der Waals surface area (Å²) in [7, 11) is 0. The maximum Gasteiger partial charge on any atom is 0.261 e. The Morgan fingerprint density at radius 1 is 1.17 bits per heavy atom. The molecule has 1 aliphatic rings. The van der Waals surface area contributed by atoms with E-state index in [4.69, 9.17) is 9.26 Å². The van der Waals surface area contributed by atoms with Crippen LogP contribution in [0.2, 0.25) is 0 Å². The molecule has 1 aliphatic heterocycles. The van der Waals surface area contributed by atoms with Crippen molar-refractivity contribution >= 4 is 5.91 Å². The SMILES string of the molecule is O=C(COc1ccccc1)N1CCCC[C@@H]1c1nc(-c2cccc(CO)c2)no1. The van der Waals surface area contributed by atoms with E-state index in [1.807, 2.05) is 54.6 Å². The van der Waals surface area contributed by atoms with Crippen molar-refractivity contribution in [3.63, 3.8) is 0 Å². The number of rotatable bonds is 6. The summed E-state index contributed by atoms with van der Waals surface area (Å²) in [6, 6.07) is 16.4. The first-order valence-corrected chi connectivity index (χ1v) is 9.75. The molecule has 0 bridgehead atoms. The van der Waals surface area contributed by atoms with Gasteiger partial charge in [0, 0.05) is 12.1 Å². The van der Waals surface area contributed by atoms with Gasteiger partial charge in [0.2, 0.25) is 11.7 Å². The molecule has 0 radical (unpaired) electrons. The van der Waals surface area contributed by atoms with Gasteiger partial charge in [-0.15, -0.1) is 0 Å². The van der Waals surface area contributed by atoms with Crippen LogP contribution in [0.15, 0.2) is 59.1 Å². The smallest absolute Gasteiger partial charge is 0.261 e. The molecule has 0 aliphatic carbocycles. The predicted molar refractivity (Wildman–Crippen MR) is 106 cm³/mol. The van der Waals surface area contributed by atoms with Gasteiger partial charge in [0.25, 0.3) is 5.91 Å². The van der Waals surface area contributed by atoms with Crippen molar-refractivity contribution in [2.24, 2.45) is 0 Å². The predicted octanol–water partition coefficient (Wildman–Crippen LogP) is 3.36. The molecule has 29 heavy (non-hydrogen) atoms. The van der Waals surface area contributed by atoms with Gasteiger partial charge in [-0.2, -0.15) is 4.98 Å². The number of benzene rings is 2. The number of hydrogen-bond donors (Lipinski definition) is 1. The maximum absolute atomic E-state index is 12.8. The third-order valence-electron chi connectivity index (χ3n) is 5.02. The maximum atomic E-state index is 12.8. The molecule has 1 amide bonds. The van der Waals surface area contributed by atoms with Crippen LogP contribution in [0.5, 0.6) is 5.75 Å². The number of aliphatic hydroxyl groups excluding tert-OH is 1. The summed E-state index contributed by atoms with van der Waals surface area (Å²) in [5, 5.41) is 13.4. The molecule has 0 spiro atoms. The van der Waals surface area contributed by atoms with Crippen LogP contribution in [0.1, 0.15) is 36.8 Å². The molecule has 150 valence electrons. The van der Waals surface area contributed by atoms with E-state index in [1.54, 1.807) is 4.90 Å². The van der Waals surface area contributed by atoms with Crippen molar-refractivity contribution in [3.8, 4) is 17.1 Å². The zero-order valence-electron chi connectivity index (χ0n) is 16.0. The first-order valence-electron chi connectivity index (χ1n) is 9.75. The second kappa shape index (κ2) is 8.87. The lowest BCUT2D eigenvalue weighted by atomic mass is 10.0. The number of ether oxygens (including phenoxy) is 1. The lowest BCUT2D eigenvalue weighted by Crippen LogP contribution is -2.41. The Morgan fingerprint density at radius 2 is 2.03 bits per heavy atom. The molecule has 1 fully saturated rings. The van der Waals surface area contributed by atoms with Crippen LogP contribution in [0.4, 0.5) is 0 Å². The van der Waals surface area contributed by atoms with Gasteiger partial charge in [-0.1, -0.05) is 41.6 Å². The van der Waals surface area contributed by atoms with Gasteiger partial charge in [0.15, 0.2) is 6.61 Å². The number of likely N-dealkylation sites (tertiary alicyclic amines) is 1. The van der Waals surface area contributed by atoms with E-state index in [0.29, 0.717) is 24.0 Å². The number of hydrogen-bond acceptors (Lipinski definition) is 6. The molecule has 7 heteroatoms. The molecule has 1 aromatic heterocycles. The van der Waals surface area contributed by atoms with E-state index in [-0.39, 0.29) is 25.2 Å². The topological polar surface area (TPSA) is 88.7 Å². The minimum atomic E-state index is -0.252. The molecule has 7 nitrogen and oxygen atoms in total. The minimum Gasteiger partial charge on any atom is -0.484 e. The highest BCUT2D eigenvalue weighted by atomic mass is 16.5. The Hall–Kier alpha value is -3.19. The number of nitrogens with zero attached hydrogens (tertiary/aromatic N) is 3. The average molecular weight is 393 g/mol. The van der Waals surface area contributed by atoms with E-state index >= 15 is 0 Å². The molecule has 1 atom stereocenters. The molecule has 1 saturated heterocycles. The fourth-order valence-electron chi connectivity index (χ4n) is 3.53. The number of carbonyl (C=O) groups excluding carboxylic acids is 1. The number of piperidine rings is 1. The summed E-state index contributed by atoms with van der Waals surface area (Å²) in [6.07, 6.45) is 2.70. The second-order valence-electron chi connectivity index (χ2n) is 7.02. The van der Waals surface area contributed by atoms with Crippen molar-refractivity contribution in [3.05, 3.63) is 66.1 Å². The van der Waals surface area contributed by atoms with E-state index in [1.165, 1.54) is 0 Å². The Labute approximate surface area is 168 Å². The van der Waals surface area contributed by atoms with Gasteiger partial charge in [0.1, 0.15) is 11.8 Å². The Balaban J connectivity index is 1.48. The third-order valence-corrected chi connectivity index (χ3v) is 5.02. The summed E-state index contributed by atoms with van der Waals surface area (Å²) in [5.41, 5.74) is 1.55. The minimum absolute atomic E-state index is 0.0277. The lowest BCUT2D eigenvalue weighted by molar-refractivity contribution is -0.138. The second-order valence-corrected chi connectivity index (χ2v) is 7.02. The Bertz CT molecular complexity index is 957. The zero-order valence-corrected chi connectivity index (χ0v) is 16.0. The molecule has 4 rings (SSSR count). The van der Waals surface area contributed by atoms with Gasteiger partial charge < -0.3 is 19.3 Å². The number of aliphatic hydroxyl groups is 1. The molecule has 2 aromatic carbocycles. The molecule has 0 saturated carbocycles. The fourth-order valence-corrected chi connectivity index (χ4v) is 3.53. The van der Waals surface area contributed by atoms with Crippen molar-refractivity contribution in [1.82, 2.24) is 15.0 Å². The molecule has 2 heterocycles. The van der Waals surface area contributed by atoms with Crippen molar-refractivity contribution in [2.45, 2.75) is 31.9 Å². The zero-order chi connectivity index (χ0) is 20.1. The van der Waals surface area contributed by atoms with E-state index in [0.717, 1.165) is 30.4 Å². The standard InChI is InChI=1S/C22H23N3O4/c26-14-16-7-6-8-17(13-16)21-23-22(29-24-21)19-11-4-5-12-25(19)20(27)15-28-18-9-2-1-3-10-18/h1-3,6-10,13,19,26H,4-5,11-12,14-15H2/t19-/m1/s1. The van der Waals surface area contributed by atoms with E-state index in [9.17, 15) is 9.90 Å². The number of carbonyl (C=O) groups is 1. The molecule has 1 N–H and O–H groups in total. The van der Waals surface area contributed by atoms with Crippen molar-refractivity contribution in [2.75, 3.05) is 13.2 Å². The van der Waals surface area contributed by atoms with Crippen LogP contribution in [0.25, 0.3) is 11.4 Å². The molecular weight excluding hydrogens is 370 g/mol. The third kappa shape index (κ3) is 4.46. The van der Waals surface area contributed by atoms with Crippen molar-refractivity contribution in [1.29, 1.82) is 0 Å². The summed E-state index contributed by atoms with van der Waals surface area (Å²) in [4.78, 5) is 19.1. The van der Waals surface area contributed by atoms with Crippen LogP contribution >= 0.6 is 0 Å². The Morgan fingerprint density at radius 3 is 2.86 bits per heavy atom. The number of aromatic nitrogens is 2. The van der Waals surface area contributed by atoms with Gasteiger partial charge in [-0.3, -0.25) is 4.79 Å². The lowest BCUT2D eigenvalue weighted by Gasteiger charge is -2.33. The normalized spacial score (nSPS) is 16.6. The summed E-state index contributed by atoms with van der Waals surface area (Å²) in [5.74, 6) is 1.45. The molecule has 3 aromatic rings. The summed E-state index contributed by atoms with van der Waals surface area (Å²) >= 11 is 0. The van der Waals surface area contributed by atoms with Gasteiger partial charge in [-0.25, -0.2) is 0 Å². The summed E-state index contributed by atoms with van der Waals surface area (Å²) in [6.45, 7) is 0.560. The average Bonchev–Trinajstić information content (AvgIpc) is 3.28.